The molecule has 0 atom stereocenters. The van der Waals surface area contributed by atoms with Crippen LogP contribution in [0, 0.1) is 6.92 Å². The van der Waals surface area contributed by atoms with Crippen LogP contribution in [0.25, 0.3) is 10.2 Å². The van der Waals surface area contributed by atoms with E-state index in [9.17, 15) is 4.79 Å². The summed E-state index contributed by atoms with van der Waals surface area (Å²) < 4.78 is 10.3. The number of hydrogen-bond donors (Lipinski definition) is 0. The van der Waals surface area contributed by atoms with Crippen LogP contribution in [-0.2, 0) is 16.0 Å². The molecule has 2 aromatic heterocycles. The Morgan fingerprint density at radius 1 is 1.13 bits per heavy atom. The molecule has 0 saturated carbocycles. The molecule has 0 radical (unpaired) electrons. The first-order chi connectivity index (χ1) is 15.1. The normalized spacial score (nSPS) is 14.9. The average Bonchev–Trinajstić information content (AvgIpc) is 3.11. The number of ether oxygens (including phenoxy) is 2. The van der Waals surface area contributed by atoms with E-state index in [1.165, 1.54) is 16.9 Å². The summed E-state index contributed by atoms with van der Waals surface area (Å²) in [5, 5.41) is 1.07. The molecule has 3 heterocycles. The molecule has 164 valence electrons. The Hall–Kier alpha value is -2.26. The number of hydrogen-bond acceptors (Lipinski definition) is 8. The number of halogens is 1. The largest absolute Gasteiger partial charge is 0.459 e. The number of anilines is 1. The number of aryl methyl sites for hydroxylation is 1. The first kappa shape index (κ1) is 22.0. The van der Waals surface area contributed by atoms with Gasteiger partial charge in [-0.25, -0.2) is 9.78 Å². The number of methoxy groups -OCH3 is 1. The lowest BCUT2D eigenvalue weighted by atomic mass is 10.1. The van der Waals surface area contributed by atoms with E-state index in [2.05, 4.69) is 44.0 Å². The van der Waals surface area contributed by atoms with Crippen molar-refractivity contribution in [3.63, 3.8) is 0 Å². The van der Waals surface area contributed by atoms with Crippen LogP contribution in [0.4, 0.5) is 5.82 Å². The zero-order valence-corrected chi connectivity index (χ0v) is 19.2. The first-order valence-electron chi connectivity index (χ1n) is 10.2. The number of carbonyl (C=O) groups is 1. The number of benzene rings is 1. The Balaban J connectivity index is 1.53. The lowest BCUT2D eigenvalue weighted by Crippen LogP contribution is -2.46. The quantitative estimate of drug-likeness (QED) is 0.302. The van der Waals surface area contributed by atoms with E-state index in [4.69, 9.17) is 21.1 Å². The second kappa shape index (κ2) is 9.91. The minimum absolute atomic E-state index is 0.190. The maximum Gasteiger partial charge on any atom is 0.348 e. The summed E-state index contributed by atoms with van der Waals surface area (Å²) in [6.07, 6.45) is 0. The van der Waals surface area contributed by atoms with E-state index in [0.29, 0.717) is 16.3 Å². The number of thiophene rings is 1. The van der Waals surface area contributed by atoms with Crippen molar-refractivity contribution in [2.75, 3.05) is 51.4 Å². The lowest BCUT2D eigenvalue weighted by molar-refractivity contribution is 0.0393. The van der Waals surface area contributed by atoms with Gasteiger partial charge in [0.2, 0.25) is 5.28 Å². The molecule has 1 aliphatic rings. The van der Waals surface area contributed by atoms with Crippen molar-refractivity contribution in [2.24, 2.45) is 0 Å². The van der Waals surface area contributed by atoms with E-state index in [0.717, 1.165) is 49.5 Å². The molecule has 0 aliphatic carbocycles. The molecule has 1 aliphatic heterocycles. The molecule has 0 bridgehead atoms. The van der Waals surface area contributed by atoms with E-state index in [-0.39, 0.29) is 17.9 Å². The van der Waals surface area contributed by atoms with Crippen LogP contribution < -0.4 is 4.90 Å². The second-order valence-corrected chi connectivity index (χ2v) is 8.77. The molecule has 9 heteroatoms. The predicted octanol–water partition coefficient (Wildman–Crippen LogP) is 3.78. The fraction of sp³-hybridized carbons (Fsp3) is 0.409. The van der Waals surface area contributed by atoms with Gasteiger partial charge in [0.05, 0.1) is 12.0 Å². The highest BCUT2D eigenvalue weighted by molar-refractivity contribution is 7.20. The molecular formula is C22H25ClN4O3S. The van der Waals surface area contributed by atoms with Crippen LogP contribution in [0.15, 0.2) is 30.3 Å². The molecule has 0 N–H and O–H groups in total. The van der Waals surface area contributed by atoms with Gasteiger partial charge in [-0.2, -0.15) is 4.98 Å². The lowest BCUT2D eigenvalue weighted by Gasteiger charge is -2.35. The Kier molecular flexibility index (Phi) is 7.02. The van der Waals surface area contributed by atoms with Crippen LogP contribution in [0.5, 0.6) is 0 Å². The molecular weight excluding hydrogens is 436 g/mol. The molecule has 0 unspecified atom stereocenters. The Morgan fingerprint density at radius 3 is 2.58 bits per heavy atom. The second-order valence-electron chi connectivity index (χ2n) is 7.43. The van der Waals surface area contributed by atoms with Gasteiger partial charge in [0.1, 0.15) is 22.1 Å². The van der Waals surface area contributed by atoms with Gasteiger partial charge in [-0.15, -0.1) is 11.3 Å². The summed E-state index contributed by atoms with van der Waals surface area (Å²) in [5.74, 6) is 0.423. The summed E-state index contributed by atoms with van der Waals surface area (Å²) in [6.45, 7) is 6.93. The third-order valence-electron chi connectivity index (χ3n) is 5.37. The molecule has 0 amide bonds. The fourth-order valence-electron chi connectivity index (χ4n) is 3.76. The first-order valence-corrected chi connectivity index (χ1v) is 11.4. The van der Waals surface area contributed by atoms with Gasteiger partial charge in [-0.3, -0.25) is 4.90 Å². The maximum absolute atomic E-state index is 12.5. The molecule has 4 rings (SSSR count). The third-order valence-corrected chi connectivity index (χ3v) is 6.71. The number of rotatable bonds is 7. The van der Waals surface area contributed by atoms with Gasteiger partial charge in [-0.05, 0) is 29.7 Å². The van der Waals surface area contributed by atoms with Crippen molar-refractivity contribution >= 4 is 44.9 Å². The van der Waals surface area contributed by atoms with E-state index >= 15 is 0 Å². The maximum atomic E-state index is 12.5. The van der Waals surface area contributed by atoms with Crippen molar-refractivity contribution in [3.8, 4) is 0 Å². The molecule has 1 aromatic carbocycles. The van der Waals surface area contributed by atoms with Crippen molar-refractivity contribution in [2.45, 2.75) is 13.5 Å². The fourth-order valence-corrected chi connectivity index (χ4v) is 5.04. The van der Waals surface area contributed by atoms with Gasteiger partial charge < -0.3 is 14.4 Å². The number of fused-ring (bicyclic) bond motifs is 1. The van der Waals surface area contributed by atoms with Crippen LogP contribution in [0.2, 0.25) is 5.28 Å². The zero-order valence-electron chi connectivity index (χ0n) is 17.6. The van der Waals surface area contributed by atoms with Crippen molar-refractivity contribution in [1.29, 1.82) is 0 Å². The average molecular weight is 461 g/mol. The number of nitrogens with zero attached hydrogens (tertiary/aromatic N) is 4. The number of piperazine rings is 1. The molecule has 1 saturated heterocycles. The van der Waals surface area contributed by atoms with Gasteiger partial charge >= 0.3 is 5.97 Å². The highest BCUT2D eigenvalue weighted by Crippen LogP contribution is 2.37. The highest BCUT2D eigenvalue weighted by atomic mass is 35.5. The molecule has 0 spiro atoms. The summed E-state index contributed by atoms with van der Waals surface area (Å²) in [7, 11) is 1.57. The predicted molar refractivity (Wildman–Crippen MR) is 123 cm³/mol. The highest BCUT2D eigenvalue weighted by Gasteiger charge is 2.26. The van der Waals surface area contributed by atoms with Crippen molar-refractivity contribution in [1.82, 2.24) is 14.9 Å². The van der Waals surface area contributed by atoms with Gasteiger partial charge in [0.15, 0.2) is 0 Å². The number of aromatic nitrogens is 2. The van der Waals surface area contributed by atoms with E-state index in [1.54, 1.807) is 7.11 Å². The van der Waals surface area contributed by atoms with Crippen molar-refractivity contribution < 1.29 is 14.3 Å². The topological polar surface area (TPSA) is 67.8 Å². The Labute approximate surface area is 190 Å². The number of carbonyl (C=O) groups excluding carboxylic acids is 1. The summed E-state index contributed by atoms with van der Waals surface area (Å²) >= 11 is 7.53. The van der Waals surface area contributed by atoms with Gasteiger partial charge in [0.25, 0.3) is 0 Å². The third kappa shape index (κ3) is 4.98. The SMILES string of the molecule is COCCOC(=O)c1sc2nc(Cl)nc(N3CCN(Cc4ccccc4)CC3)c2c1C. The molecule has 7 nitrogen and oxygen atoms in total. The Bertz CT molecular complexity index is 1050. The summed E-state index contributed by atoms with van der Waals surface area (Å²) in [4.78, 5) is 27.3. The molecule has 1 fully saturated rings. The zero-order chi connectivity index (χ0) is 21.8. The van der Waals surface area contributed by atoms with Gasteiger partial charge in [0, 0.05) is 39.8 Å². The minimum atomic E-state index is -0.368. The van der Waals surface area contributed by atoms with Gasteiger partial charge in [-0.1, -0.05) is 30.3 Å². The van der Waals surface area contributed by atoms with Crippen LogP contribution in [0.1, 0.15) is 20.8 Å². The summed E-state index contributed by atoms with van der Waals surface area (Å²) in [5.41, 5.74) is 2.15. The molecule has 3 aromatic rings. The van der Waals surface area contributed by atoms with E-state index in [1.807, 2.05) is 13.0 Å². The van der Waals surface area contributed by atoms with Crippen LogP contribution in [0.3, 0.4) is 0 Å². The Morgan fingerprint density at radius 2 is 1.87 bits per heavy atom. The monoisotopic (exact) mass is 460 g/mol. The standard InChI is InChI=1S/C22H25ClN4O3S/c1-15-17-19(27-10-8-26(9-11-27)14-16-6-4-3-5-7-16)24-22(23)25-20(17)31-18(15)21(28)30-13-12-29-2/h3-7H,8-14H2,1-2H3. The van der Waals surface area contributed by atoms with Crippen molar-refractivity contribution in [3.05, 3.63) is 51.6 Å². The van der Waals surface area contributed by atoms with Crippen LogP contribution in [-0.4, -0.2) is 67.3 Å². The van der Waals surface area contributed by atoms with E-state index < -0.39 is 0 Å². The summed E-state index contributed by atoms with van der Waals surface area (Å²) in [6, 6.07) is 10.5. The van der Waals surface area contributed by atoms with Crippen LogP contribution >= 0.6 is 22.9 Å². The minimum Gasteiger partial charge on any atom is -0.459 e. The number of esters is 1. The smallest absolute Gasteiger partial charge is 0.348 e. The molecule has 31 heavy (non-hydrogen) atoms.